The Morgan fingerprint density at radius 1 is 1.10 bits per heavy atom. The molecule has 2 heterocycles. The first-order valence-corrected chi connectivity index (χ1v) is 9.23. The predicted octanol–water partition coefficient (Wildman–Crippen LogP) is -2.97. The highest BCUT2D eigenvalue weighted by molar-refractivity contribution is 5.68. The van der Waals surface area contributed by atoms with Crippen LogP contribution in [-0.2, 0) is 28.5 Å². The molecule has 0 aromatic heterocycles. The molecule has 2 fully saturated rings. The maximum Gasteiger partial charge on any atom is 0.329 e. The average molecular weight is 426 g/mol. The number of rotatable bonds is 9. The topological polar surface area (TPSA) is 185 Å². The van der Waals surface area contributed by atoms with Crippen LogP contribution >= 0.6 is 0 Å². The molecule has 6 N–H and O–H groups in total. The van der Waals surface area contributed by atoms with E-state index in [4.69, 9.17) is 28.8 Å². The van der Waals surface area contributed by atoms with Gasteiger partial charge in [0.1, 0.15) is 18.8 Å². The molecule has 2 aliphatic heterocycles. The van der Waals surface area contributed by atoms with Gasteiger partial charge in [0.25, 0.3) is 0 Å². The molecule has 0 saturated carbocycles. The fraction of sp³-hybridized carbons (Fsp3) is 0.941. The maximum absolute atomic E-state index is 10.9. The zero-order valence-corrected chi connectivity index (χ0v) is 16.3. The summed E-state index contributed by atoms with van der Waals surface area (Å²) in [6.07, 6.45) is -8.09. The molecule has 0 spiro atoms. The molecule has 9 unspecified atom stereocenters. The molecule has 170 valence electrons. The van der Waals surface area contributed by atoms with E-state index in [9.17, 15) is 30.3 Å². The van der Waals surface area contributed by atoms with Crippen molar-refractivity contribution >= 4 is 5.97 Å². The van der Waals surface area contributed by atoms with E-state index >= 15 is 0 Å². The first-order chi connectivity index (χ1) is 13.6. The van der Waals surface area contributed by atoms with Gasteiger partial charge in [-0.05, 0) is 6.92 Å². The third-order valence-corrected chi connectivity index (χ3v) is 5.14. The molecular formula is C17H30O12. The van der Waals surface area contributed by atoms with Gasteiger partial charge in [-0.25, -0.2) is 4.79 Å². The number of aliphatic hydroxyl groups excluding tert-OH is 4. The van der Waals surface area contributed by atoms with E-state index in [1.807, 2.05) is 0 Å². The Bertz CT molecular complexity index is 527. The van der Waals surface area contributed by atoms with Crippen molar-refractivity contribution < 1.29 is 59.1 Å². The number of ether oxygens (including phenoxy) is 5. The Balaban J connectivity index is 2.11. The Kier molecular flexibility index (Phi) is 8.72. The number of aliphatic carboxylic acids is 1. The number of aliphatic hydroxyl groups is 5. The summed E-state index contributed by atoms with van der Waals surface area (Å²) in [6.45, 7) is -0.491. The van der Waals surface area contributed by atoms with Crippen LogP contribution in [0.4, 0.5) is 0 Å². The molecule has 2 saturated heterocycles. The molecule has 2 rings (SSSR count). The van der Waals surface area contributed by atoms with Gasteiger partial charge >= 0.3 is 5.97 Å². The molecule has 2 aliphatic rings. The summed E-state index contributed by atoms with van der Waals surface area (Å²) < 4.78 is 26.8. The Morgan fingerprint density at radius 2 is 1.79 bits per heavy atom. The van der Waals surface area contributed by atoms with E-state index in [0.717, 1.165) is 0 Å². The molecule has 0 bridgehead atoms. The lowest BCUT2D eigenvalue weighted by atomic mass is 9.88. The van der Waals surface area contributed by atoms with Crippen molar-refractivity contribution in [2.75, 3.05) is 33.5 Å². The standard InChI is InChI=1S/C17H30O12/c1-17(24)3-8(4-18)28-16(14(17)26-7-11(20)21)27-6-9-10(5-19)29-15(25-2)13(23)12(9)22/h8-10,12-16,18-19,22-24H,3-7H2,1-2H3,(H,20,21). The number of carbonyl (C=O) groups is 1. The van der Waals surface area contributed by atoms with Crippen molar-refractivity contribution in [3.63, 3.8) is 0 Å². The summed E-state index contributed by atoms with van der Waals surface area (Å²) in [5, 5.41) is 58.9. The van der Waals surface area contributed by atoms with Gasteiger partial charge in [0.15, 0.2) is 12.6 Å². The summed E-state index contributed by atoms with van der Waals surface area (Å²) in [7, 11) is 1.28. The first kappa shape index (κ1) is 24.3. The van der Waals surface area contributed by atoms with Crippen LogP contribution in [0, 0.1) is 5.92 Å². The van der Waals surface area contributed by atoms with Crippen LogP contribution in [-0.4, -0.2) is 119 Å². The summed E-state index contributed by atoms with van der Waals surface area (Å²) >= 11 is 0. The normalized spacial score (nSPS) is 43.3. The van der Waals surface area contributed by atoms with Gasteiger partial charge in [0, 0.05) is 19.4 Å². The van der Waals surface area contributed by atoms with Crippen molar-refractivity contribution in [1.82, 2.24) is 0 Å². The van der Waals surface area contributed by atoms with Crippen LogP contribution in [0.3, 0.4) is 0 Å². The molecule has 12 nitrogen and oxygen atoms in total. The number of hydrogen-bond donors (Lipinski definition) is 6. The van der Waals surface area contributed by atoms with E-state index < -0.39 is 80.4 Å². The van der Waals surface area contributed by atoms with Gasteiger partial charge in [-0.1, -0.05) is 0 Å². The number of hydrogen-bond acceptors (Lipinski definition) is 11. The van der Waals surface area contributed by atoms with Crippen LogP contribution < -0.4 is 0 Å². The zero-order chi connectivity index (χ0) is 21.8. The van der Waals surface area contributed by atoms with Gasteiger partial charge in [-0.2, -0.15) is 0 Å². The third kappa shape index (κ3) is 5.82. The molecule has 12 heteroatoms. The number of methoxy groups -OCH3 is 1. The van der Waals surface area contributed by atoms with E-state index in [0.29, 0.717) is 0 Å². The van der Waals surface area contributed by atoms with Crippen LogP contribution in [0.2, 0.25) is 0 Å². The molecule has 29 heavy (non-hydrogen) atoms. The number of carboxylic acid groups (broad SMARTS) is 1. The zero-order valence-electron chi connectivity index (χ0n) is 16.3. The first-order valence-electron chi connectivity index (χ1n) is 9.23. The van der Waals surface area contributed by atoms with Gasteiger partial charge in [-0.3, -0.25) is 0 Å². The lowest BCUT2D eigenvalue weighted by molar-refractivity contribution is -0.323. The van der Waals surface area contributed by atoms with Crippen molar-refractivity contribution in [3.8, 4) is 0 Å². The lowest BCUT2D eigenvalue weighted by Gasteiger charge is -2.46. The minimum Gasteiger partial charge on any atom is -0.480 e. The van der Waals surface area contributed by atoms with Crippen LogP contribution in [0.25, 0.3) is 0 Å². The van der Waals surface area contributed by atoms with Crippen molar-refractivity contribution in [3.05, 3.63) is 0 Å². The Morgan fingerprint density at radius 3 is 2.34 bits per heavy atom. The van der Waals surface area contributed by atoms with Crippen LogP contribution in [0.15, 0.2) is 0 Å². The summed E-state index contributed by atoms with van der Waals surface area (Å²) in [6, 6.07) is 0. The van der Waals surface area contributed by atoms with Gasteiger partial charge in [0.05, 0.1) is 43.7 Å². The minimum absolute atomic E-state index is 0.0176. The predicted molar refractivity (Wildman–Crippen MR) is 92.6 cm³/mol. The smallest absolute Gasteiger partial charge is 0.329 e. The van der Waals surface area contributed by atoms with Crippen molar-refractivity contribution in [2.45, 2.75) is 62.0 Å². The second kappa shape index (κ2) is 10.4. The Hall–Kier alpha value is -0.930. The van der Waals surface area contributed by atoms with Crippen LogP contribution in [0.1, 0.15) is 13.3 Å². The fourth-order valence-electron chi connectivity index (χ4n) is 3.61. The third-order valence-electron chi connectivity index (χ3n) is 5.14. The SMILES string of the molecule is COC1OC(CO)C(COC2OC(CO)CC(C)(O)C2OCC(=O)O)C(O)C1O. The molecule has 0 amide bonds. The van der Waals surface area contributed by atoms with Gasteiger partial charge in [0.2, 0.25) is 0 Å². The highest BCUT2D eigenvalue weighted by atomic mass is 16.7. The lowest BCUT2D eigenvalue weighted by Crippen LogP contribution is -2.60. The van der Waals surface area contributed by atoms with Gasteiger partial charge < -0.3 is 54.3 Å². The van der Waals surface area contributed by atoms with Crippen LogP contribution in [0.5, 0.6) is 0 Å². The van der Waals surface area contributed by atoms with E-state index in [1.54, 1.807) is 0 Å². The molecule has 0 aromatic rings. The van der Waals surface area contributed by atoms with E-state index in [-0.39, 0.29) is 13.0 Å². The summed E-state index contributed by atoms with van der Waals surface area (Å²) in [5.41, 5.74) is -1.56. The molecule has 0 aromatic carbocycles. The summed E-state index contributed by atoms with van der Waals surface area (Å²) in [4.78, 5) is 10.9. The largest absolute Gasteiger partial charge is 0.480 e. The highest BCUT2D eigenvalue weighted by Crippen LogP contribution is 2.33. The summed E-state index contributed by atoms with van der Waals surface area (Å²) in [5.74, 6) is -2.14. The Labute approximate surface area is 167 Å². The van der Waals surface area contributed by atoms with Crippen molar-refractivity contribution in [2.24, 2.45) is 5.92 Å². The van der Waals surface area contributed by atoms with Crippen molar-refractivity contribution in [1.29, 1.82) is 0 Å². The quantitative estimate of drug-likeness (QED) is 0.220. The average Bonchev–Trinajstić information content (AvgIpc) is 2.67. The molecule has 9 atom stereocenters. The van der Waals surface area contributed by atoms with Gasteiger partial charge in [-0.15, -0.1) is 0 Å². The van der Waals surface area contributed by atoms with E-state index in [1.165, 1.54) is 14.0 Å². The number of carboxylic acids is 1. The fourth-order valence-corrected chi connectivity index (χ4v) is 3.61. The van der Waals surface area contributed by atoms with E-state index in [2.05, 4.69) is 0 Å². The second-order valence-corrected chi connectivity index (χ2v) is 7.44. The highest BCUT2D eigenvalue weighted by Gasteiger charge is 2.49. The molecule has 0 aliphatic carbocycles. The second-order valence-electron chi connectivity index (χ2n) is 7.44. The minimum atomic E-state index is -1.56. The monoisotopic (exact) mass is 426 g/mol. The molecule has 0 radical (unpaired) electrons. The maximum atomic E-state index is 10.9. The molecular weight excluding hydrogens is 396 g/mol.